The highest BCUT2D eigenvalue weighted by molar-refractivity contribution is 6.10. The molecule has 158 valence electrons. The van der Waals surface area contributed by atoms with E-state index in [1.807, 2.05) is 71.3 Å². The van der Waals surface area contributed by atoms with Gasteiger partial charge in [0.1, 0.15) is 11.6 Å². The predicted octanol–water partition coefficient (Wildman–Crippen LogP) is 7.17. The highest BCUT2D eigenvalue weighted by Crippen LogP contribution is 2.35. The molecule has 3 aromatic heterocycles. The first-order valence-electron chi connectivity index (χ1n) is 10.6. The summed E-state index contributed by atoms with van der Waals surface area (Å²) in [6.45, 7) is 0. The zero-order valence-electron chi connectivity index (χ0n) is 17.5. The zero-order chi connectivity index (χ0) is 22.2. The molecule has 6 aromatic rings. The second-order valence-electron chi connectivity index (χ2n) is 7.70. The maximum atomic E-state index is 14.0. The Morgan fingerprint density at radius 1 is 0.667 bits per heavy atom. The van der Waals surface area contributed by atoms with E-state index >= 15 is 0 Å². The number of nitrogens with zero attached hydrogens (tertiary/aromatic N) is 3. The highest BCUT2D eigenvalue weighted by atomic mass is 19.1. The van der Waals surface area contributed by atoms with Crippen molar-refractivity contribution in [3.8, 4) is 28.6 Å². The molecule has 0 aliphatic heterocycles. The van der Waals surface area contributed by atoms with Gasteiger partial charge in [-0.15, -0.1) is 0 Å². The van der Waals surface area contributed by atoms with Gasteiger partial charge < -0.3 is 4.74 Å². The van der Waals surface area contributed by atoms with E-state index in [0.29, 0.717) is 17.4 Å². The number of benzene rings is 3. The minimum absolute atomic E-state index is 0.506. The topological polar surface area (TPSA) is 39.9 Å². The highest BCUT2D eigenvalue weighted by Gasteiger charge is 2.14. The summed E-state index contributed by atoms with van der Waals surface area (Å²) < 4.78 is 21.9. The number of hydrogen-bond donors (Lipinski definition) is 0. The van der Waals surface area contributed by atoms with E-state index in [-0.39, 0.29) is 0 Å². The summed E-state index contributed by atoms with van der Waals surface area (Å²) in [6.07, 6.45) is 1.70. The quantitative estimate of drug-likeness (QED) is 0.278. The molecule has 33 heavy (non-hydrogen) atoms. The summed E-state index contributed by atoms with van der Waals surface area (Å²) in [5, 5.41) is 2.18. The van der Waals surface area contributed by atoms with Crippen molar-refractivity contribution in [3.63, 3.8) is 0 Å². The van der Waals surface area contributed by atoms with E-state index in [1.54, 1.807) is 12.3 Å². The number of rotatable bonds is 4. The molecule has 0 bridgehead atoms. The van der Waals surface area contributed by atoms with Crippen LogP contribution in [0, 0.1) is 5.95 Å². The minimum atomic E-state index is -0.506. The number of ether oxygens (including phenoxy) is 1. The summed E-state index contributed by atoms with van der Waals surface area (Å²) in [5.74, 6) is 1.29. The Balaban J connectivity index is 1.51. The van der Waals surface area contributed by atoms with Gasteiger partial charge in [-0.05, 0) is 53.6 Å². The molecule has 0 atom stereocenters. The number of hydrogen-bond acceptors (Lipinski definition) is 3. The van der Waals surface area contributed by atoms with Gasteiger partial charge in [-0.2, -0.15) is 4.39 Å². The smallest absolute Gasteiger partial charge is 0.219 e. The van der Waals surface area contributed by atoms with E-state index in [1.165, 1.54) is 6.07 Å². The van der Waals surface area contributed by atoms with Crippen molar-refractivity contribution in [3.05, 3.63) is 115 Å². The van der Waals surface area contributed by atoms with Crippen molar-refractivity contribution >= 4 is 21.8 Å². The molecule has 3 aromatic carbocycles. The average molecular weight is 431 g/mol. The van der Waals surface area contributed by atoms with Crippen LogP contribution < -0.4 is 4.74 Å². The largest absolute Gasteiger partial charge is 0.439 e. The molecule has 0 saturated carbocycles. The second kappa shape index (κ2) is 7.88. The van der Waals surface area contributed by atoms with Gasteiger partial charge in [0.25, 0.3) is 0 Å². The van der Waals surface area contributed by atoms with E-state index in [9.17, 15) is 4.39 Å². The molecule has 0 N–H and O–H groups in total. The van der Waals surface area contributed by atoms with Crippen molar-refractivity contribution in [2.45, 2.75) is 0 Å². The van der Waals surface area contributed by atoms with Crippen LogP contribution in [0.15, 0.2) is 109 Å². The molecule has 6 rings (SSSR count). The minimum Gasteiger partial charge on any atom is -0.439 e. The fraction of sp³-hybridized carbons (Fsp3) is 0. The van der Waals surface area contributed by atoms with Gasteiger partial charge in [0.05, 0.1) is 11.0 Å². The first-order chi connectivity index (χ1) is 16.3. The SMILES string of the molecule is Fc1cccc(-n2c3ccccc3c3ccc(-c4cccc(Oc5ccccn5)c4)cc32)n1. The van der Waals surface area contributed by atoms with Crippen molar-refractivity contribution in [2.75, 3.05) is 0 Å². The van der Waals surface area contributed by atoms with Gasteiger partial charge in [0.15, 0.2) is 0 Å². The van der Waals surface area contributed by atoms with Crippen LogP contribution in [0.5, 0.6) is 11.6 Å². The molecule has 0 amide bonds. The molecule has 5 heteroatoms. The predicted molar refractivity (Wildman–Crippen MR) is 128 cm³/mol. The third kappa shape index (κ3) is 3.49. The first kappa shape index (κ1) is 19.2. The van der Waals surface area contributed by atoms with Crippen LogP contribution in [-0.4, -0.2) is 14.5 Å². The Bertz CT molecular complexity index is 1610. The molecular formula is C28H18FN3O. The lowest BCUT2D eigenvalue weighted by Crippen LogP contribution is -1.98. The number of pyridine rings is 2. The first-order valence-corrected chi connectivity index (χ1v) is 10.6. The molecule has 0 fully saturated rings. The van der Waals surface area contributed by atoms with Gasteiger partial charge in [-0.25, -0.2) is 9.97 Å². The summed E-state index contributed by atoms with van der Waals surface area (Å²) in [4.78, 5) is 8.38. The van der Waals surface area contributed by atoms with Crippen LogP contribution in [0.1, 0.15) is 0 Å². The molecule has 0 unspecified atom stereocenters. The van der Waals surface area contributed by atoms with Crippen molar-refractivity contribution in [1.29, 1.82) is 0 Å². The van der Waals surface area contributed by atoms with Gasteiger partial charge >= 0.3 is 0 Å². The van der Waals surface area contributed by atoms with Crippen LogP contribution in [0.25, 0.3) is 38.8 Å². The van der Waals surface area contributed by atoms with E-state index in [2.05, 4.69) is 34.2 Å². The normalized spacial score (nSPS) is 11.2. The van der Waals surface area contributed by atoms with Crippen LogP contribution in [-0.2, 0) is 0 Å². The summed E-state index contributed by atoms with van der Waals surface area (Å²) in [5.41, 5.74) is 3.97. The van der Waals surface area contributed by atoms with Crippen LogP contribution in [0.2, 0.25) is 0 Å². The lowest BCUT2D eigenvalue weighted by Gasteiger charge is -2.09. The Morgan fingerprint density at radius 2 is 1.48 bits per heavy atom. The van der Waals surface area contributed by atoms with E-state index < -0.39 is 5.95 Å². The fourth-order valence-corrected chi connectivity index (χ4v) is 4.19. The lowest BCUT2D eigenvalue weighted by atomic mass is 10.0. The Hall–Kier alpha value is -4.51. The van der Waals surface area contributed by atoms with Gasteiger partial charge in [-0.3, -0.25) is 4.57 Å². The van der Waals surface area contributed by atoms with Crippen molar-refractivity contribution in [1.82, 2.24) is 14.5 Å². The third-order valence-electron chi connectivity index (χ3n) is 5.63. The molecule has 0 radical (unpaired) electrons. The molecule has 0 spiro atoms. The van der Waals surface area contributed by atoms with Gasteiger partial charge in [0.2, 0.25) is 11.8 Å². The monoisotopic (exact) mass is 431 g/mol. The average Bonchev–Trinajstić information content (AvgIpc) is 3.18. The number of fused-ring (bicyclic) bond motifs is 3. The number of para-hydroxylation sites is 1. The molecule has 0 aliphatic rings. The maximum absolute atomic E-state index is 14.0. The van der Waals surface area contributed by atoms with Crippen LogP contribution in [0.3, 0.4) is 0 Å². The summed E-state index contributed by atoms with van der Waals surface area (Å²) in [6, 6.07) is 32.7. The summed E-state index contributed by atoms with van der Waals surface area (Å²) >= 11 is 0. The zero-order valence-corrected chi connectivity index (χ0v) is 17.5. The molecule has 0 saturated heterocycles. The maximum Gasteiger partial charge on any atom is 0.219 e. The third-order valence-corrected chi connectivity index (χ3v) is 5.63. The molecule has 0 aliphatic carbocycles. The van der Waals surface area contributed by atoms with Crippen LogP contribution in [0.4, 0.5) is 4.39 Å². The number of halogens is 1. The Kier molecular flexibility index (Phi) is 4.58. The Labute approximate surface area is 189 Å². The second-order valence-corrected chi connectivity index (χ2v) is 7.70. The van der Waals surface area contributed by atoms with Gasteiger partial charge in [0, 0.05) is 23.0 Å². The molecular weight excluding hydrogens is 413 g/mol. The van der Waals surface area contributed by atoms with Gasteiger partial charge in [-0.1, -0.05) is 54.6 Å². The summed E-state index contributed by atoms with van der Waals surface area (Å²) in [7, 11) is 0. The van der Waals surface area contributed by atoms with E-state index in [4.69, 9.17) is 4.74 Å². The Morgan fingerprint density at radius 3 is 2.36 bits per heavy atom. The molecule has 4 nitrogen and oxygen atoms in total. The fourth-order valence-electron chi connectivity index (χ4n) is 4.19. The van der Waals surface area contributed by atoms with Crippen molar-refractivity contribution in [2.24, 2.45) is 0 Å². The van der Waals surface area contributed by atoms with Crippen molar-refractivity contribution < 1.29 is 9.13 Å². The van der Waals surface area contributed by atoms with E-state index in [0.717, 1.165) is 32.9 Å². The molecule has 3 heterocycles. The van der Waals surface area contributed by atoms with Crippen LogP contribution >= 0.6 is 0 Å². The number of aromatic nitrogens is 3. The lowest BCUT2D eigenvalue weighted by molar-refractivity contribution is 0.463. The standard InChI is InChI=1S/C28H18FN3O/c29-26-11-6-12-27(31-26)32-24-10-2-1-9-22(24)23-15-14-20(18-25(23)32)19-7-5-8-21(17-19)33-28-13-3-4-16-30-28/h1-18H.